The average Bonchev–Trinajstić information content (AvgIpc) is 2.34. The topological polar surface area (TPSA) is 108 Å². The van der Waals surface area contributed by atoms with E-state index in [9.17, 15) is 19.0 Å². The molecule has 92 heavy (non-hydrogen) atoms. The Balaban J connectivity index is 4.16. The maximum atomic E-state index is 12.9. The van der Waals surface area contributed by atoms with Gasteiger partial charge in [-0.2, -0.15) is 0 Å². The summed E-state index contributed by atoms with van der Waals surface area (Å²) in [5.74, 6) is -0.842. The van der Waals surface area contributed by atoms with E-state index in [1.165, 1.54) is 103 Å². The van der Waals surface area contributed by atoms with Gasteiger partial charge in [0.05, 0.1) is 27.7 Å². The van der Waals surface area contributed by atoms with Crippen molar-refractivity contribution in [2.24, 2.45) is 0 Å². The summed E-state index contributed by atoms with van der Waals surface area (Å²) in [7, 11) is 1.44. The van der Waals surface area contributed by atoms with Crippen molar-refractivity contribution in [2.45, 2.75) is 277 Å². The van der Waals surface area contributed by atoms with Crippen LogP contribution in [0.4, 0.5) is 0 Å². The van der Waals surface area contributed by atoms with Gasteiger partial charge >= 0.3 is 19.8 Å². The molecule has 0 fully saturated rings. The third-order valence-corrected chi connectivity index (χ3v) is 15.9. The van der Waals surface area contributed by atoms with Crippen LogP contribution in [0, 0.1) is 0 Å². The van der Waals surface area contributed by atoms with Gasteiger partial charge in [0.15, 0.2) is 6.10 Å². The van der Waals surface area contributed by atoms with Crippen molar-refractivity contribution in [3.05, 3.63) is 182 Å². The highest BCUT2D eigenvalue weighted by Gasteiger charge is 2.27. The van der Waals surface area contributed by atoms with Gasteiger partial charge in [0, 0.05) is 12.8 Å². The largest absolute Gasteiger partial charge is 0.472 e. The molecule has 0 radical (unpaired) electrons. The van der Waals surface area contributed by atoms with Crippen LogP contribution in [0.1, 0.15) is 271 Å². The van der Waals surface area contributed by atoms with Gasteiger partial charge in [-0.05, 0) is 135 Å². The predicted molar refractivity (Wildman–Crippen MR) is 399 cm³/mol. The molecule has 0 heterocycles. The molecule has 520 valence electrons. The van der Waals surface area contributed by atoms with Crippen LogP contribution in [-0.4, -0.2) is 74.9 Å². The standard InChI is InChI=1S/C82H134NO8P/c1-6-8-10-12-14-16-18-20-22-24-26-28-30-32-34-36-38-39-40-41-42-43-45-47-49-51-53-55-57-59-61-63-65-67-69-71-73-75-82(85)91-80(79-90-92(86,87)89-77-76-83(3,4)5)78-88-81(84)74-72-70-68-66-64-62-60-58-56-54-52-50-48-46-44-37-35-33-31-29-27-25-23-21-19-17-15-13-11-9-7-2/h8-11,14-17,20-23,26-29,32,34,38-39,41-42,45,47,51,53,57,59,63,65,80H,6-7,12-13,18-19,24-25,30-31,33,35-37,40,43-44,46,48-50,52,54-56,58,60-62,64,66-79H2,1-5H3/p+1/b10-8-,11-9-,16-14-,17-15-,22-20-,23-21-,28-26-,29-27-,34-32-,39-38-,42-41-,47-45-,53-51-,59-57-,65-63-. The lowest BCUT2D eigenvalue weighted by molar-refractivity contribution is -0.870. The first kappa shape index (κ1) is 87.1. The van der Waals surface area contributed by atoms with Gasteiger partial charge in [0.1, 0.15) is 19.8 Å². The fourth-order valence-electron chi connectivity index (χ4n) is 9.42. The second-order valence-corrected chi connectivity index (χ2v) is 26.3. The number of ether oxygens (including phenoxy) is 2. The quantitative estimate of drug-likeness (QED) is 0.0211. The lowest BCUT2D eigenvalue weighted by Gasteiger charge is -2.24. The zero-order valence-corrected chi connectivity index (χ0v) is 60.1. The molecule has 10 heteroatoms. The molecule has 0 aliphatic carbocycles. The van der Waals surface area contributed by atoms with Crippen molar-refractivity contribution in [2.75, 3.05) is 47.5 Å². The number of hydrogen-bond acceptors (Lipinski definition) is 7. The molecular formula is C82H135NO8P+. The maximum absolute atomic E-state index is 12.9. The molecule has 0 bridgehead atoms. The van der Waals surface area contributed by atoms with Gasteiger partial charge in [-0.1, -0.05) is 305 Å². The lowest BCUT2D eigenvalue weighted by Crippen LogP contribution is -2.37. The summed E-state index contributed by atoms with van der Waals surface area (Å²) in [6.07, 6.45) is 109. The molecule has 0 aliphatic heterocycles. The molecule has 0 saturated heterocycles. The minimum absolute atomic E-state index is 0.0162. The highest BCUT2D eigenvalue weighted by atomic mass is 31.2. The summed E-state index contributed by atoms with van der Waals surface area (Å²) < 4.78 is 34.7. The van der Waals surface area contributed by atoms with Gasteiger partial charge in [-0.3, -0.25) is 18.6 Å². The number of nitrogens with zero attached hydrogens (tertiary/aromatic N) is 1. The number of quaternary nitrogens is 1. The molecule has 0 aromatic carbocycles. The molecule has 0 saturated carbocycles. The smallest absolute Gasteiger partial charge is 0.462 e. The number of esters is 2. The lowest BCUT2D eigenvalue weighted by atomic mass is 10.0. The molecule has 2 atom stereocenters. The Labute approximate surface area is 565 Å². The number of phosphoric ester groups is 1. The number of carbonyl (C=O) groups excluding carboxylic acids is 2. The number of carbonyl (C=O) groups is 2. The van der Waals surface area contributed by atoms with Crippen LogP contribution in [0.3, 0.4) is 0 Å². The van der Waals surface area contributed by atoms with E-state index in [-0.39, 0.29) is 32.0 Å². The molecule has 1 N–H and O–H groups in total. The summed E-state index contributed by atoms with van der Waals surface area (Å²) in [4.78, 5) is 35.9. The van der Waals surface area contributed by atoms with Crippen LogP contribution in [0.5, 0.6) is 0 Å². The molecule has 0 spiro atoms. The number of likely N-dealkylation sites (N-methyl/N-ethyl adjacent to an activating group) is 1. The van der Waals surface area contributed by atoms with Gasteiger partial charge < -0.3 is 18.9 Å². The molecular weight excluding hydrogens is 1160 g/mol. The number of allylic oxidation sites excluding steroid dienone is 30. The normalized spacial score (nSPS) is 14.2. The van der Waals surface area contributed by atoms with Gasteiger partial charge in [0.25, 0.3) is 0 Å². The molecule has 0 aromatic rings. The van der Waals surface area contributed by atoms with Crippen LogP contribution in [0.25, 0.3) is 0 Å². The zero-order chi connectivity index (χ0) is 66.9. The Kier molecular flexibility index (Phi) is 66.7. The third kappa shape index (κ3) is 74.2. The summed E-state index contributed by atoms with van der Waals surface area (Å²) in [6.45, 7) is 4.16. The van der Waals surface area contributed by atoms with E-state index >= 15 is 0 Å². The Morgan fingerprint density at radius 1 is 0.337 bits per heavy atom. The van der Waals surface area contributed by atoms with Crippen LogP contribution in [0.15, 0.2) is 182 Å². The van der Waals surface area contributed by atoms with Crippen molar-refractivity contribution in [1.82, 2.24) is 0 Å². The Hall–Kier alpha value is -4.89. The Bertz CT molecular complexity index is 2210. The SMILES string of the molecule is CC/C=C\C/C=C\C/C=C\C/C=C\C/C=C\C/C=C\C/C=C\C/C=C\C/C=C\C/C=C\C/C=C\CCCCCC(=O)OC(COC(=O)CCCCCCCCCCCCCCCCCCCC/C=C\C/C=C\C/C=C\C/C=C\CC)COP(=O)(O)OCC[N+](C)(C)C. The van der Waals surface area contributed by atoms with E-state index in [1.54, 1.807) is 0 Å². The molecule has 0 aliphatic rings. The minimum atomic E-state index is -4.42. The highest BCUT2D eigenvalue weighted by molar-refractivity contribution is 7.47. The van der Waals surface area contributed by atoms with Crippen molar-refractivity contribution < 1.29 is 42.1 Å². The maximum Gasteiger partial charge on any atom is 0.472 e. The third-order valence-electron chi connectivity index (χ3n) is 14.9. The second-order valence-electron chi connectivity index (χ2n) is 24.9. The predicted octanol–water partition coefficient (Wildman–Crippen LogP) is 24.3. The summed E-state index contributed by atoms with van der Waals surface area (Å²) in [5, 5.41) is 0. The van der Waals surface area contributed by atoms with Crippen LogP contribution < -0.4 is 0 Å². The van der Waals surface area contributed by atoms with Crippen molar-refractivity contribution in [3.8, 4) is 0 Å². The van der Waals surface area contributed by atoms with E-state index in [0.29, 0.717) is 17.4 Å². The van der Waals surface area contributed by atoms with Crippen LogP contribution >= 0.6 is 7.82 Å². The first-order valence-corrected chi connectivity index (χ1v) is 38.0. The number of hydrogen-bond donors (Lipinski definition) is 1. The first-order chi connectivity index (χ1) is 45.0. The van der Waals surface area contributed by atoms with Crippen LogP contribution in [0.2, 0.25) is 0 Å². The minimum Gasteiger partial charge on any atom is -0.462 e. The van der Waals surface area contributed by atoms with Crippen LogP contribution in [-0.2, 0) is 32.7 Å². The summed E-state index contributed by atoms with van der Waals surface area (Å²) >= 11 is 0. The monoisotopic (exact) mass is 1290 g/mol. The molecule has 0 rings (SSSR count). The Morgan fingerprint density at radius 2 is 0.587 bits per heavy atom. The first-order valence-electron chi connectivity index (χ1n) is 36.5. The van der Waals surface area contributed by atoms with E-state index in [0.717, 1.165) is 135 Å². The highest BCUT2D eigenvalue weighted by Crippen LogP contribution is 2.43. The van der Waals surface area contributed by atoms with Crippen molar-refractivity contribution in [3.63, 3.8) is 0 Å². The molecule has 9 nitrogen and oxygen atoms in total. The van der Waals surface area contributed by atoms with Crippen molar-refractivity contribution in [1.29, 1.82) is 0 Å². The number of unbranched alkanes of at least 4 members (excludes halogenated alkanes) is 21. The number of rotatable bonds is 65. The fraction of sp³-hybridized carbons (Fsp3) is 0.610. The second kappa shape index (κ2) is 70.4. The fourth-order valence-corrected chi connectivity index (χ4v) is 10.2. The van der Waals surface area contributed by atoms with E-state index in [4.69, 9.17) is 18.5 Å². The van der Waals surface area contributed by atoms with Crippen molar-refractivity contribution >= 4 is 19.8 Å². The number of phosphoric acid groups is 1. The van der Waals surface area contributed by atoms with Gasteiger partial charge in [0.2, 0.25) is 0 Å². The molecule has 0 amide bonds. The summed E-state index contributed by atoms with van der Waals surface area (Å²) in [6, 6.07) is 0. The molecule has 0 aromatic heterocycles. The Morgan fingerprint density at radius 3 is 0.880 bits per heavy atom. The summed E-state index contributed by atoms with van der Waals surface area (Å²) in [5.41, 5.74) is 0. The van der Waals surface area contributed by atoms with E-state index in [2.05, 4.69) is 196 Å². The van der Waals surface area contributed by atoms with Gasteiger partial charge in [-0.15, -0.1) is 0 Å². The van der Waals surface area contributed by atoms with E-state index in [1.807, 2.05) is 21.1 Å². The molecule has 2 unspecified atom stereocenters. The van der Waals surface area contributed by atoms with Gasteiger partial charge in [-0.25, -0.2) is 4.57 Å². The zero-order valence-electron chi connectivity index (χ0n) is 59.2. The average molecular weight is 1290 g/mol. The van der Waals surface area contributed by atoms with E-state index < -0.39 is 26.5 Å².